The molecule has 1 aliphatic carbocycles. The Hall–Kier alpha value is -1.30. The van der Waals surface area contributed by atoms with Gasteiger partial charge in [-0.2, -0.15) is 0 Å². The first-order valence-corrected chi connectivity index (χ1v) is 6.72. The van der Waals surface area contributed by atoms with Crippen LogP contribution in [0, 0.1) is 5.92 Å². The summed E-state index contributed by atoms with van der Waals surface area (Å²) in [5.74, 6) is 0.399. The highest BCUT2D eigenvalue weighted by atomic mass is 35.5. The summed E-state index contributed by atoms with van der Waals surface area (Å²) in [4.78, 5) is 19.4. The number of imidazole rings is 1. The summed E-state index contributed by atoms with van der Waals surface area (Å²) in [6.45, 7) is 0. The zero-order valence-electron chi connectivity index (χ0n) is 10.7. The third kappa shape index (κ3) is 2.90. The Labute approximate surface area is 127 Å². The van der Waals surface area contributed by atoms with Gasteiger partial charge in [0.2, 0.25) is 11.9 Å². The van der Waals surface area contributed by atoms with Gasteiger partial charge in [-0.05, 0) is 31.4 Å². The summed E-state index contributed by atoms with van der Waals surface area (Å²) < 4.78 is 0. The lowest BCUT2D eigenvalue weighted by molar-refractivity contribution is -0.119. The van der Waals surface area contributed by atoms with Crippen LogP contribution in [0.4, 0.5) is 5.95 Å². The molecule has 4 N–H and O–H groups in total. The number of para-hydroxylation sites is 1. The molecule has 1 aromatic heterocycles. The van der Waals surface area contributed by atoms with E-state index in [2.05, 4.69) is 15.3 Å². The minimum absolute atomic E-state index is 0. The second-order valence-corrected chi connectivity index (χ2v) is 5.39. The molecule has 20 heavy (non-hydrogen) atoms. The number of amides is 1. The molecule has 1 heterocycles. The number of H-pyrrole nitrogens is 1. The van der Waals surface area contributed by atoms with E-state index in [0.717, 1.165) is 24.8 Å². The molecule has 1 aromatic carbocycles. The number of aromatic amines is 1. The Kier molecular flexibility index (Phi) is 4.52. The Morgan fingerprint density at radius 1 is 1.45 bits per heavy atom. The highest BCUT2D eigenvalue weighted by Crippen LogP contribution is 2.26. The van der Waals surface area contributed by atoms with Gasteiger partial charge in [-0.3, -0.25) is 10.1 Å². The highest BCUT2D eigenvalue weighted by molar-refractivity contribution is 6.35. The number of nitrogens with one attached hydrogen (secondary N) is 2. The largest absolute Gasteiger partial charge is 0.328 e. The molecule has 0 spiro atoms. The zero-order chi connectivity index (χ0) is 13.4. The molecular weight excluding hydrogens is 299 g/mol. The van der Waals surface area contributed by atoms with Crippen molar-refractivity contribution in [3.8, 4) is 0 Å². The van der Waals surface area contributed by atoms with Crippen molar-refractivity contribution in [2.45, 2.75) is 25.3 Å². The van der Waals surface area contributed by atoms with E-state index < -0.39 is 0 Å². The number of hydrogen-bond acceptors (Lipinski definition) is 3. The predicted octanol–water partition coefficient (Wildman–Crippen LogP) is 2.70. The summed E-state index contributed by atoms with van der Waals surface area (Å²) in [6.07, 6.45) is 2.49. The summed E-state index contributed by atoms with van der Waals surface area (Å²) in [6, 6.07) is 5.62. The van der Waals surface area contributed by atoms with Crippen molar-refractivity contribution in [1.82, 2.24) is 9.97 Å². The van der Waals surface area contributed by atoms with Crippen molar-refractivity contribution in [1.29, 1.82) is 0 Å². The van der Waals surface area contributed by atoms with Gasteiger partial charge in [0.25, 0.3) is 0 Å². The first kappa shape index (κ1) is 15.1. The third-order valence-electron chi connectivity index (χ3n) is 3.55. The molecule has 0 radical (unpaired) electrons. The second kappa shape index (κ2) is 5.99. The predicted molar refractivity (Wildman–Crippen MR) is 82.3 cm³/mol. The lowest BCUT2D eigenvalue weighted by atomic mass is 10.1. The van der Waals surface area contributed by atoms with Gasteiger partial charge < -0.3 is 10.7 Å². The summed E-state index contributed by atoms with van der Waals surface area (Å²) in [7, 11) is 0. The van der Waals surface area contributed by atoms with Crippen LogP contribution >= 0.6 is 24.0 Å². The fourth-order valence-electron chi connectivity index (χ4n) is 2.53. The standard InChI is InChI=1S/C13H15ClN4O.ClH/c14-9-2-1-3-10-11(9)17-13(16-10)18-12(19)7-4-5-8(15)6-7;/h1-3,7-8H,4-6,15H2,(H2,16,17,18,19);1H. The van der Waals surface area contributed by atoms with Crippen molar-refractivity contribution in [2.24, 2.45) is 11.7 Å². The van der Waals surface area contributed by atoms with Gasteiger partial charge in [-0.1, -0.05) is 17.7 Å². The molecule has 2 atom stereocenters. The summed E-state index contributed by atoms with van der Waals surface area (Å²) >= 11 is 6.04. The number of carbonyl (C=O) groups excluding carboxylic acids is 1. The lowest BCUT2D eigenvalue weighted by Crippen LogP contribution is -2.23. The average Bonchev–Trinajstić information content (AvgIpc) is 2.96. The summed E-state index contributed by atoms with van der Waals surface area (Å²) in [5, 5.41) is 3.37. The molecule has 3 rings (SSSR count). The topological polar surface area (TPSA) is 83.8 Å². The second-order valence-electron chi connectivity index (χ2n) is 4.98. The molecule has 5 nitrogen and oxygen atoms in total. The number of nitrogens with zero attached hydrogens (tertiary/aromatic N) is 1. The van der Waals surface area contributed by atoms with Crippen LogP contribution in [0.1, 0.15) is 19.3 Å². The van der Waals surface area contributed by atoms with Crippen molar-refractivity contribution >= 4 is 46.9 Å². The number of aromatic nitrogens is 2. The number of benzene rings is 1. The van der Waals surface area contributed by atoms with E-state index in [0.29, 0.717) is 16.5 Å². The molecule has 1 fully saturated rings. The Bertz CT molecular complexity index is 628. The van der Waals surface area contributed by atoms with Crippen LogP contribution in [0.15, 0.2) is 18.2 Å². The van der Waals surface area contributed by atoms with Crippen molar-refractivity contribution in [3.05, 3.63) is 23.2 Å². The molecule has 1 aliphatic rings. The van der Waals surface area contributed by atoms with Crippen molar-refractivity contribution < 1.29 is 4.79 Å². The Morgan fingerprint density at radius 3 is 2.90 bits per heavy atom. The van der Waals surface area contributed by atoms with Crippen LogP contribution < -0.4 is 11.1 Å². The quantitative estimate of drug-likeness (QED) is 0.796. The normalized spacial score (nSPS) is 21.7. The number of anilines is 1. The van der Waals surface area contributed by atoms with Crippen LogP contribution in [0.5, 0.6) is 0 Å². The number of fused-ring (bicyclic) bond motifs is 1. The fraction of sp³-hybridized carbons (Fsp3) is 0.385. The van der Waals surface area contributed by atoms with E-state index in [-0.39, 0.29) is 30.3 Å². The first-order valence-electron chi connectivity index (χ1n) is 6.34. The maximum atomic E-state index is 12.1. The maximum absolute atomic E-state index is 12.1. The number of hydrogen-bond donors (Lipinski definition) is 3. The SMILES string of the molecule is Cl.NC1CCC(C(=O)Nc2nc3c(Cl)cccc3[nH]2)C1. The minimum Gasteiger partial charge on any atom is -0.328 e. The van der Waals surface area contributed by atoms with E-state index in [4.69, 9.17) is 17.3 Å². The molecule has 1 saturated carbocycles. The molecule has 2 aromatic rings. The zero-order valence-corrected chi connectivity index (χ0v) is 12.3. The van der Waals surface area contributed by atoms with Gasteiger partial charge in [-0.25, -0.2) is 4.98 Å². The molecular formula is C13H16Cl2N4O. The Balaban J connectivity index is 0.00000147. The minimum atomic E-state index is -0.0249. The van der Waals surface area contributed by atoms with E-state index in [1.807, 2.05) is 12.1 Å². The Morgan fingerprint density at radius 2 is 2.25 bits per heavy atom. The average molecular weight is 315 g/mol. The van der Waals surface area contributed by atoms with Gasteiger partial charge in [-0.15, -0.1) is 12.4 Å². The van der Waals surface area contributed by atoms with E-state index in [9.17, 15) is 4.79 Å². The van der Waals surface area contributed by atoms with E-state index in [1.54, 1.807) is 6.07 Å². The van der Waals surface area contributed by atoms with Crippen LogP contribution in [0.2, 0.25) is 5.02 Å². The third-order valence-corrected chi connectivity index (χ3v) is 3.85. The van der Waals surface area contributed by atoms with Gasteiger partial charge in [0.05, 0.1) is 10.5 Å². The van der Waals surface area contributed by atoms with Crippen molar-refractivity contribution in [2.75, 3.05) is 5.32 Å². The van der Waals surface area contributed by atoms with Gasteiger partial charge >= 0.3 is 0 Å². The molecule has 2 unspecified atom stereocenters. The molecule has 1 amide bonds. The fourth-order valence-corrected chi connectivity index (χ4v) is 2.75. The van der Waals surface area contributed by atoms with Crippen LogP contribution in [0.25, 0.3) is 11.0 Å². The maximum Gasteiger partial charge on any atom is 0.229 e. The smallest absolute Gasteiger partial charge is 0.229 e. The molecule has 7 heteroatoms. The number of halogens is 2. The van der Waals surface area contributed by atoms with Gasteiger partial charge in [0.15, 0.2) is 0 Å². The summed E-state index contributed by atoms with van der Waals surface area (Å²) in [5.41, 5.74) is 7.30. The first-order chi connectivity index (χ1) is 9.13. The molecule has 108 valence electrons. The number of rotatable bonds is 2. The van der Waals surface area contributed by atoms with Crippen LogP contribution in [-0.2, 0) is 4.79 Å². The van der Waals surface area contributed by atoms with E-state index >= 15 is 0 Å². The van der Waals surface area contributed by atoms with Gasteiger partial charge in [0, 0.05) is 12.0 Å². The van der Waals surface area contributed by atoms with Gasteiger partial charge in [0.1, 0.15) is 5.52 Å². The molecule has 0 saturated heterocycles. The lowest BCUT2D eigenvalue weighted by Gasteiger charge is -2.08. The van der Waals surface area contributed by atoms with Crippen LogP contribution in [-0.4, -0.2) is 21.9 Å². The van der Waals surface area contributed by atoms with E-state index in [1.165, 1.54) is 0 Å². The van der Waals surface area contributed by atoms with Crippen molar-refractivity contribution in [3.63, 3.8) is 0 Å². The van der Waals surface area contributed by atoms with Crippen LogP contribution in [0.3, 0.4) is 0 Å². The highest BCUT2D eigenvalue weighted by Gasteiger charge is 2.28. The monoisotopic (exact) mass is 314 g/mol. The number of carbonyl (C=O) groups is 1. The number of nitrogens with two attached hydrogens (primary N) is 1. The molecule has 0 aliphatic heterocycles. The molecule has 0 bridgehead atoms.